The van der Waals surface area contributed by atoms with Crippen LogP contribution in [0.15, 0.2) is 42.5 Å². The SMILES string of the molecule is OC(Cc1ccc(F)cc1)c1ccc2c(c1)OCCO2. The Morgan fingerprint density at radius 2 is 1.70 bits per heavy atom. The van der Waals surface area contributed by atoms with Crippen LogP contribution in [0.25, 0.3) is 0 Å². The van der Waals surface area contributed by atoms with Crippen LogP contribution in [0.1, 0.15) is 17.2 Å². The lowest BCUT2D eigenvalue weighted by Gasteiger charge is -2.20. The molecule has 0 spiro atoms. The van der Waals surface area contributed by atoms with E-state index in [2.05, 4.69) is 0 Å². The second-order valence-electron chi connectivity index (χ2n) is 4.75. The minimum absolute atomic E-state index is 0.275. The molecule has 0 saturated carbocycles. The van der Waals surface area contributed by atoms with Gasteiger partial charge in [0.25, 0.3) is 0 Å². The van der Waals surface area contributed by atoms with Crippen LogP contribution < -0.4 is 9.47 Å². The average molecular weight is 274 g/mol. The Bertz CT molecular complexity index is 595. The standard InChI is InChI=1S/C16H15FO3/c17-13-4-1-11(2-5-13)9-14(18)12-3-6-15-16(10-12)20-8-7-19-15/h1-6,10,14,18H,7-9H2. The summed E-state index contributed by atoms with van der Waals surface area (Å²) in [6.45, 7) is 1.06. The molecule has 0 fully saturated rings. The minimum atomic E-state index is -0.656. The van der Waals surface area contributed by atoms with Crippen molar-refractivity contribution in [1.29, 1.82) is 0 Å². The number of ether oxygens (including phenoxy) is 2. The smallest absolute Gasteiger partial charge is 0.161 e. The summed E-state index contributed by atoms with van der Waals surface area (Å²) in [4.78, 5) is 0. The molecule has 3 nitrogen and oxygen atoms in total. The van der Waals surface area contributed by atoms with E-state index in [1.54, 1.807) is 24.3 Å². The van der Waals surface area contributed by atoms with Gasteiger partial charge < -0.3 is 14.6 Å². The van der Waals surface area contributed by atoms with Crippen molar-refractivity contribution in [2.75, 3.05) is 13.2 Å². The van der Waals surface area contributed by atoms with Crippen molar-refractivity contribution in [2.24, 2.45) is 0 Å². The third kappa shape index (κ3) is 2.75. The van der Waals surface area contributed by atoms with Crippen LogP contribution in [0.5, 0.6) is 11.5 Å². The van der Waals surface area contributed by atoms with E-state index in [0.29, 0.717) is 31.1 Å². The maximum Gasteiger partial charge on any atom is 0.161 e. The highest BCUT2D eigenvalue weighted by Crippen LogP contribution is 2.33. The van der Waals surface area contributed by atoms with Gasteiger partial charge in [-0.3, -0.25) is 0 Å². The van der Waals surface area contributed by atoms with E-state index in [1.807, 2.05) is 6.07 Å². The van der Waals surface area contributed by atoms with Gasteiger partial charge in [0, 0.05) is 6.42 Å². The van der Waals surface area contributed by atoms with Gasteiger partial charge in [-0.05, 0) is 35.4 Å². The van der Waals surface area contributed by atoms with Gasteiger partial charge in [-0.25, -0.2) is 4.39 Å². The van der Waals surface area contributed by atoms with E-state index in [-0.39, 0.29) is 5.82 Å². The van der Waals surface area contributed by atoms with Crippen LogP contribution in [-0.4, -0.2) is 18.3 Å². The van der Waals surface area contributed by atoms with Crippen molar-refractivity contribution in [3.63, 3.8) is 0 Å². The molecule has 0 saturated heterocycles. The Balaban J connectivity index is 1.76. The van der Waals surface area contributed by atoms with Crippen molar-refractivity contribution in [1.82, 2.24) is 0 Å². The summed E-state index contributed by atoms with van der Waals surface area (Å²) in [6, 6.07) is 11.6. The number of aliphatic hydroxyl groups is 1. The summed E-state index contributed by atoms with van der Waals surface area (Å²) in [5, 5.41) is 10.3. The molecule has 1 unspecified atom stereocenters. The highest BCUT2D eigenvalue weighted by Gasteiger charge is 2.15. The Morgan fingerprint density at radius 3 is 2.45 bits per heavy atom. The monoisotopic (exact) mass is 274 g/mol. The van der Waals surface area contributed by atoms with Gasteiger partial charge in [0.2, 0.25) is 0 Å². The molecule has 2 aromatic carbocycles. The molecular formula is C16H15FO3. The molecule has 0 aliphatic carbocycles. The van der Waals surface area contributed by atoms with Gasteiger partial charge in [-0.2, -0.15) is 0 Å². The lowest BCUT2D eigenvalue weighted by atomic mass is 10.0. The van der Waals surface area contributed by atoms with Crippen LogP contribution in [0.4, 0.5) is 4.39 Å². The molecule has 2 aromatic rings. The first-order valence-electron chi connectivity index (χ1n) is 6.54. The van der Waals surface area contributed by atoms with E-state index in [0.717, 1.165) is 11.1 Å². The van der Waals surface area contributed by atoms with Crippen molar-refractivity contribution in [3.05, 3.63) is 59.4 Å². The number of rotatable bonds is 3. The van der Waals surface area contributed by atoms with Crippen molar-refractivity contribution >= 4 is 0 Å². The zero-order chi connectivity index (χ0) is 13.9. The van der Waals surface area contributed by atoms with Crippen LogP contribution in [0, 0.1) is 5.82 Å². The molecule has 0 bridgehead atoms. The molecule has 1 atom stereocenters. The minimum Gasteiger partial charge on any atom is -0.486 e. The molecule has 1 N–H and O–H groups in total. The maximum atomic E-state index is 12.8. The number of hydrogen-bond donors (Lipinski definition) is 1. The van der Waals surface area contributed by atoms with Crippen LogP contribution in [0.3, 0.4) is 0 Å². The molecule has 104 valence electrons. The van der Waals surface area contributed by atoms with Gasteiger partial charge in [-0.1, -0.05) is 18.2 Å². The summed E-state index contributed by atoms with van der Waals surface area (Å²) in [5.74, 6) is 1.09. The van der Waals surface area contributed by atoms with E-state index < -0.39 is 6.10 Å². The topological polar surface area (TPSA) is 38.7 Å². The Hall–Kier alpha value is -2.07. The molecule has 4 heteroatoms. The molecule has 0 aromatic heterocycles. The van der Waals surface area contributed by atoms with E-state index in [1.165, 1.54) is 12.1 Å². The Labute approximate surface area is 116 Å². The third-order valence-corrected chi connectivity index (χ3v) is 3.29. The normalized spacial score (nSPS) is 14.9. The van der Waals surface area contributed by atoms with E-state index >= 15 is 0 Å². The first-order valence-corrected chi connectivity index (χ1v) is 6.54. The zero-order valence-electron chi connectivity index (χ0n) is 10.9. The van der Waals surface area contributed by atoms with Gasteiger partial charge in [0.15, 0.2) is 11.5 Å². The second-order valence-corrected chi connectivity index (χ2v) is 4.75. The third-order valence-electron chi connectivity index (χ3n) is 3.29. The number of halogens is 1. The predicted octanol–water partition coefficient (Wildman–Crippen LogP) is 2.87. The molecule has 1 aliphatic rings. The number of aliphatic hydroxyl groups excluding tert-OH is 1. The number of fused-ring (bicyclic) bond motifs is 1. The summed E-state index contributed by atoms with van der Waals surface area (Å²) in [6.07, 6.45) is -0.226. The Kier molecular flexibility index (Phi) is 3.56. The molecule has 1 aliphatic heterocycles. The molecular weight excluding hydrogens is 259 g/mol. The molecule has 0 radical (unpaired) electrons. The molecule has 3 rings (SSSR count). The van der Waals surface area contributed by atoms with Gasteiger partial charge in [-0.15, -0.1) is 0 Å². The molecule has 0 amide bonds. The highest BCUT2D eigenvalue weighted by molar-refractivity contribution is 5.44. The largest absolute Gasteiger partial charge is 0.486 e. The summed E-state index contributed by atoms with van der Waals surface area (Å²) in [7, 11) is 0. The number of hydrogen-bond acceptors (Lipinski definition) is 3. The maximum absolute atomic E-state index is 12.8. The zero-order valence-corrected chi connectivity index (χ0v) is 10.9. The summed E-state index contributed by atoms with van der Waals surface area (Å²) < 4.78 is 23.8. The van der Waals surface area contributed by atoms with Gasteiger partial charge in [0.1, 0.15) is 19.0 Å². The fourth-order valence-electron chi connectivity index (χ4n) is 2.23. The van der Waals surface area contributed by atoms with Crippen LogP contribution in [-0.2, 0) is 6.42 Å². The fraction of sp³-hybridized carbons (Fsp3) is 0.250. The second kappa shape index (κ2) is 5.51. The van der Waals surface area contributed by atoms with E-state index in [9.17, 15) is 9.50 Å². The van der Waals surface area contributed by atoms with Crippen LogP contribution in [0.2, 0.25) is 0 Å². The highest BCUT2D eigenvalue weighted by atomic mass is 19.1. The first kappa shape index (κ1) is 12.9. The van der Waals surface area contributed by atoms with Crippen molar-refractivity contribution in [3.8, 4) is 11.5 Å². The lowest BCUT2D eigenvalue weighted by Crippen LogP contribution is -2.15. The Morgan fingerprint density at radius 1 is 1.00 bits per heavy atom. The first-order chi connectivity index (χ1) is 9.72. The molecule has 1 heterocycles. The van der Waals surface area contributed by atoms with Gasteiger partial charge >= 0.3 is 0 Å². The summed E-state index contributed by atoms with van der Waals surface area (Å²) >= 11 is 0. The molecule has 20 heavy (non-hydrogen) atoms. The van der Waals surface area contributed by atoms with Gasteiger partial charge in [0.05, 0.1) is 6.10 Å². The lowest BCUT2D eigenvalue weighted by molar-refractivity contribution is 0.164. The quantitative estimate of drug-likeness (QED) is 0.935. The predicted molar refractivity (Wildman–Crippen MR) is 72.5 cm³/mol. The van der Waals surface area contributed by atoms with E-state index in [4.69, 9.17) is 9.47 Å². The fourth-order valence-corrected chi connectivity index (χ4v) is 2.23. The number of benzene rings is 2. The van der Waals surface area contributed by atoms with Crippen LogP contribution >= 0.6 is 0 Å². The average Bonchev–Trinajstić information content (AvgIpc) is 2.49. The summed E-state index contributed by atoms with van der Waals surface area (Å²) in [5.41, 5.74) is 1.65. The van der Waals surface area contributed by atoms with Crippen molar-refractivity contribution < 1.29 is 19.0 Å². The van der Waals surface area contributed by atoms with Crippen molar-refractivity contribution in [2.45, 2.75) is 12.5 Å².